The number of nitrogens with zero attached hydrogens (tertiary/aromatic N) is 2. The highest BCUT2D eigenvalue weighted by atomic mass is 32.1. The van der Waals surface area contributed by atoms with E-state index >= 15 is 0 Å². The molecule has 6 heteroatoms. The quantitative estimate of drug-likeness (QED) is 0.190. The Morgan fingerprint density at radius 2 is 1.16 bits per heavy atom. The lowest BCUT2D eigenvalue weighted by atomic mass is 10.0. The predicted molar refractivity (Wildman–Crippen MR) is 202 cm³/mol. The number of oxazole rings is 1. The summed E-state index contributed by atoms with van der Waals surface area (Å²) in [7, 11) is 0. The lowest BCUT2D eigenvalue weighted by molar-refractivity contribution is 0.620. The van der Waals surface area contributed by atoms with Gasteiger partial charge in [0.25, 0.3) is 0 Å². The number of thiophene rings is 1. The van der Waals surface area contributed by atoms with Crippen molar-refractivity contribution in [3.63, 3.8) is 0 Å². The summed E-state index contributed by atoms with van der Waals surface area (Å²) in [4.78, 5) is 7.18. The van der Waals surface area contributed by atoms with Crippen LogP contribution in [0.1, 0.15) is 0 Å². The van der Waals surface area contributed by atoms with Crippen LogP contribution in [-0.2, 0) is 0 Å². The van der Waals surface area contributed by atoms with Gasteiger partial charge in [-0.2, -0.15) is 0 Å². The second-order valence-electron chi connectivity index (χ2n) is 12.3. The van der Waals surface area contributed by atoms with Crippen LogP contribution < -0.4 is 4.90 Å². The number of aromatic nitrogens is 1. The number of hydrogen-bond acceptors (Lipinski definition) is 6. The van der Waals surface area contributed by atoms with Gasteiger partial charge in [-0.1, -0.05) is 66.7 Å². The number of hydrogen-bond donors (Lipinski definition) is 0. The highest BCUT2D eigenvalue weighted by Gasteiger charge is 2.22. The summed E-state index contributed by atoms with van der Waals surface area (Å²) >= 11 is 1.82. The van der Waals surface area contributed by atoms with Crippen LogP contribution >= 0.6 is 11.3 Å². The molecule has 4 heterocycles. The molecular weight excluding hydrogens is 625 g/mol. The highest BCUT2D eigenvalue weighted by molar-refractivity contribution is 7.26. The fraction of sp³-hybridized carbons (Fsp3) is 0. The molecule has 7 aromatic carbocycles. The molecule has 0 fully saturated rings. The molecule has 11 aromatic rings. The van der Waals surface area contributed by atoms with Crippen LogP contribution in [0.5, 0.6) is 0 Å². The molecule has 0 amide bonds. The Kier molecular flexibility index (Phi) is 5.48. The summed E-state index contributed by atoms with van der Waals surface area (Å²) in [5.41, 5.74) is 8.89. The number of benzene rings is 7. The zero-order valence-electron chi connectivity index (χ0n) is 25.9. The van der Waals surface area contributed by atoms with Crippen LogP contribution in [0.4, 0.5) is 17.1 Å². The minimum atomic E-state index is 0.571. The molecule has 0 N–H and O–H groups in total. The second kappa shape index (κ2) is 10.1. The first-order valence-electron chi connectivity index (χ1n) is 16.2. The molecule has 0 aliphatic rings. The van der Waals surface area contributed by atoms with Gasteiger partial charge < -0.3 is 18.2 Å². The molecule has 0 spiro atoms. The molecule has 4 aromatic heterocycles. The molecule has 49 heavy (non-hydrogen) atoms. The van der Waals surface area contributed by atoms with E-state index in [1.807, 2.05) is 59.9 Å². The van der Waals surface area contributed by atoms with Crippen LogP contribution in [0.2, 0.25) is 0 Å². The lowest BCUT2D eigenvalue weighted by Gasteiger charge is -2.26. The summed E-state index contributed by atoms with van der Waals surface area (Å²) in [5.74, 6) is 0.571. The Balaban J connectivity index is 1.18. The summed E-state index contributed by atoms with van der Waals surface area (Å²) in [6, 6.07) is 50.3. The van der Waals surface area contributed by atoms with E-state index in [2.05, 4.69) is 102 Å². The molecule has 0 aliphatic heterocycles. The van der Waals surface area contributed by atoms with Gasteiger partial charge in [-0.05, 0) is 72.8 Å². The van der Waals surface area contributed by atoms with E-state index in [-0.39, 0.29) is 0 Å². The summed E-state index contributed by atoms with van der Waals surface area (Å²) in [6.45, 7) is 0. The van der Waals surface area contributed by atoms with E-state index in [1.165, 1.54) is 20.2 Å². The van der Waals surface area contributed by atoms with Crippen LogP contribution in [0.25, 0.3) is 86.6 Å². The SMILES string of the molecule is c1ccc2oc(-c3cccc4oc5ccc(N(c6ccc7c(c6)oc6ccccc67)c6cccc7c6sc6ccccc67)cc5c34)nc2c1. The van der Waals surface area contributed by atoms with Crippen molar-refractivity contribution in [2.75, 3.05) is 4.90 Å². The summed E-state index contributed by atoms with van der Waals surface area (Å²) in [6.07, 6.45) is 0. The number of fused-ring (bicyclic) bond motifs is 10. The van der Waals surface area contributed by atoms with E-state index in [9.17, 15) is 0 Å². The zero-order chi connectivity index (χ0) is 32.1. The Bertz CT molecular complexity index is 3060. The minimum Gasteiger partial charge on any atom is -0.456 e. The third-order valence-corrected chi connectivity index (χ3v) is 10.7. The van der Waals surface area contributed by atoms with Gasteiger partial charge in [0.1, 0.15) is 27.8 Å². The lowest BCUT2D eigenvalue weighted by Crippen LogP contribution is -2.10. The van der Waals surface area contributed by atoms with Gasteiger partial charge in [-0.15, -0.1) is 11.3 Å². The molecule has 0 saturated heterocycles. The molecule has 0 aliphatic carbocycles. The van der Waals surface area contributed by atoms with Gasteiger partial charge in [0.15, 0.2) is 5.58 Å². The van der Waals surface area contributed by atoms with Crippen molar-refractivity contribution in [1.82, 2.24) is 4.98 Å². The topological polar surface area (TPSA) is 55.6 Å². The Morgan fingerprint density at radius 1 is 0.469 bits per heavy atom. The standard InChI is InChI=1S/C43H24N2O3S/c1-4-15-35-27(9-1)28-21-19-26(24-39(28)47-35)45(34-14-7-11-30-29-10-2-6-18-40(29)49-42(30)34)25-20-22-36-32(23-25)41-31(12-8-17-38(41)46-36)43-44-33-13-3-5-16-37(33)48-43/h1-24H. The molecule has 0 saturated carbocycles. The molecule has 0 atom stereocenters. The van der Waals surface area contributed by atoms with Gasteiger partial charge in [0, 0.05) is 60.0 Å². The first kappa shape index (κ1) is 26.7. The van der Waals surface area contributed by atoms with Crippen molar-refractivity contribution < 1.29 is 13.3 Å². The molecule has 0 bridgehead atoms. The normalized spacial score (nSPS) is 12.1. The molecular formula is C43H24N2O3S. The number of anilines is 3. The monoisotopic (exact) mass is 648 g/mol. The zero-order valence-corrected chi connectivity index (χ0v) is 26.7. The van der Waals surface area contributed by atoms with E-state index in [0.717, 1.165) is 77.6 Å². The third-order valence-electron chi connectivity index (χ3n) is 9.51. The van der Waals surface area contributed by atoms with E-state index in [1.54, 1.807) is 0 Å². The van der Waals surface area contributed by atoms with Crippen molar-refractivity contribution in [2.24, 2.45) is 0 Å². The van der Waals surface area contributed by atoms with E-state index < -0.39 is 0 Å². The van der Waals surface area contributed by atoms with Crippen LogP contribution in [-0.4, -0.2) is 4.98 Å². The van der Waals surface area contributed by atoms with Crippen molar-refractivity contribution in [2.45, 2.75) is 0 Å². The average Bonchev–Trinajstić information content (AvgIpc) is 3.92. The molecule has 230 valence electrons. The third kappa shape index (κ3) is 3.95. The maximum atomic E-state index is 6.44. The number of furan rings is 2. The largest absolute Gasteiger partial charge is 0.456 e. The fourth-order valence-electron chi connectivity index (χ4n) is 7.31. The van der Waals surface area contributed by atoms with Gasteiger partial charge in [0.05, 0.1) is 10.4 Å². The van der Waals surface area contributed by atoms with Crippen molar-refractivity contribution >= 4 is 104 Å². The van der Waals surface area contributed by atoms with E-state index in [4.69, 9.17) is 18.2 Å². The fourth-order valence-corrected chi connectivity index (χ4v) is 8.52. The Morgan fingerprint density at radius 3 is 2.10 bits per heavy atom. The van der Waals surface area contributed by atoms with Crippen LogP contribution in [0.3, 0.4) is 0 Å². The minimum absolute atomic E-state index is 0.571. The number of rotatable bonds is 4. The van der Waals surface area contributed by atoms with Crippen LogP contribution in [0, 0.1) is 0 Å². The average molecular weight is 649 g/mol. The van der Waals surface area contributed by atoms with Crippen LogP contribution in [0.15, 0.2) is 159 Å². The summed E-state index contributed by atoms with van der Waals surface area (Å²) in [5, 5.41) is 6.67. The molecule has 5 nitrogen and oxygen atoms in total. The predicted octanol–water partition coefficient (Wildman–Crippen LogP) is 13.1. The smallest absolute Gasteiger partial charge is 0.228 e. The Labute approximate surface area is 282 Å². The summed E-state index contributed by atoms with van der Waals surface area (Å²) < 4.78 is 21.6. The highest BCUT2D eigenvalue weighted by Crippen LogP contribution is 2.47. The van der Waals surface area contributed by atoms with Crippen molar-refractivity contribution in [1.29, 1.82) is 0 Å². The van der Waals surface area contributed by atoms with E-state index in [0.29, 0.717) is 5.89 Å². The van der Waals surface area contributed by atoms with Gasteiger partial charge in [-0.3, -0.25) is 0 Å². The Hall–Kier alpha value is -6.37. The van der Waals surface area contributed by atoms with Gasteiger partial charge in [-0.25, -0.2) is 4.98 Å². The van der Waals surface area contributed by atoms with Crippen molar-refractivity contribution in [3.8, 4) is 11.5 Å². The molecule has 0 unspecified atom stereocenters. The maximum Gasteiger partial charge on any atom is 0.228 e. The van der Waals surface area contributed by atoms with Crippen molar-refractivity contribution in [3.05, 3.63) is 146 Å². The van der Waals surface area contributed by atoms with Gasteiger partial charge >= 0.3 is 0 Å². The number of para-hydroxylation sites is 3. The molecule has 11 rings (SSSR count). The first-order valence-corrected chi connectivity index (χ1v) is 17.0. The first-order chi connectivity index (χ1) is 24.3. The van der Waals surface area contributed by atoms with Gasteiger partial charge in [0.2, 0.25) is 5.89 Å². The maximum absolute atomic E-state index is 6.44. The second-order valence-corrected chi connectivity index (χ2v) is 13.4. The molecule has 0 radical (unpaired) electrons.